The van der Waals surface area contributed by atoms with Crippen molar-refractivity contribution in [2.24, 2.45) is 0 Å². The van der Waals surface area contributed by atoms with Crippen LogP contribution in [0.3, 0.4) is 0 Å². The van der Waals surface area contributed by atoms with Crippen LogP contribution in [0.2, 0.25) is 0 Å². The molecule has 0 radical (unpaired) electrons. The van der Waals surface area contributed by atoms with Crippen LogP contribution in [0.1, 0.15) is 13.8 Å². The standard InChI is InChI=1S/C9H10N2O7/c1-3-17-8(15)10-5(12)6(13)11(7(10)14)9(16)18-4-2/h3-4H2,1-2H3. The van der Waals surface area contributed by atoms with E-state index in [-0.39, 0.29) is 23.0 Å². The first-order chi connectivity index (χ1) is 8.45. The zero-order valence-corrected chi connectivity index (χ0v) is 9.67. The second-order valence-corrected chi connectivity index (χ2v) is 2.96. The fourth-order valence-corrected chi connectivity index (χ4v) is 1.16. The average Bonchev–Trinajstić information content (AvgIpc) is 2.51. The quantitative estimate of drug-likeness (QED) is 0.509. The van der Waals surface area contributed by atoms with E-state index in [4.69, 9.17) is 0 Å². The molecule has 0 unspecified atom stereocenters. The van der Waals surface area contributed by atoms with Gasteiger partial charge in [0, 0.05) is 0 Å². The van der Waals surface area contributed by atoms with Gasteiger partial charge in [0.05, 0.1) is 13.2 Å². The molecule has 9 heteroatoms. The Morgan fingerprint density at radius 2 is 1.22 bits per heavy atom. The van der Waals surface area contributed by atoms with Gasteiger partial charge in [0.15, 0.2) is 0 Å². The highest BCUT2D eigenvalue weighted by Crippen LogP contribution is 2.14. The topological polar surface area (TPSA) is 110 Å². The summed E-state index contributed by atoms with van der Waals surface area (Å²) in [6.07, 6.45) is -2.62. The minimum absolute atomic E-state index is 0.0528. The Bertz CT molecular complexity index is 393. The van der Waals surface area contributed by atoms with E-state index in [1.165, 1.54) is 13.8 Å². The number of hydrogen-bond acceptors (Lipinski definition) is 7. The molecular weight excluding hydrogens is 248 g/mol. The van der Waals surface area contributed by atoms with E-state index in [2.05, 4.69) is 9.47 Å². The summed E-state index contributed by atoms with van der Waals surface area (Å²) in [6, 6.07) is -1.40. The number of imide groups is 6. The van der Waals surface area contributed by atoms with Gasteiger partial charge < -0.3 is 9.47 Å². The maximum absolute atomic E-state index is 11.6. The number of hydrogen-bond donors (Lipinski definition) is 0. The summed E-state index contributed by atoms with van der Waals surface area (Å²) in [4.78, 5) is 56.7. The van der Waals surface area contributed by atoms with E-state index in [1.807, 2.05) is 0 Å². The van der Waals surface area contributed by atoms with Crippen molar-refractivity contribution in [2.45, 2.75) is 13.8 Å². The van der Waals surface area contributed by atoms with Crippen LogP contribution in [-0.4, -0.2) is 53.0 Å². The zero-order chi connectivity index (χ0) is 13.9. The van der Waals surface area contributed by atoms with Crippen LogP contribution in [0.5, 0.6) is 0 Å². The summed E-state index contributed by atoms with van der Waals surface area (Å²) in [6.45, 7) is 2.72. The third kappa shape index (κ3) is 2.14. The number of urea groups is 1. The number of amides is 6. The Hall–Kier alpha value is -2.45. The van der Waals surface area contributed by atoms with Gasteiger partial charge in [-0.25, -0.2) is 14.4 Å². The third-order valence-corrected chi connectivity index (χ3v) is 1.87. The highest BCUT2D eigenvalue weighted by molar-refractivity contribution is 6.50. The normalized spacial score (nSPS) is 15.1. The Morgan fingerprint density at radius 3 is 1.50 bits per heavy atom. The minimum atomic E-state index is -1.45. The van der Waals surface area contributed by atoms with Gasteiger partial charge in [-0.3, -0.25) is 9.59 Å². The smallest absolute Gasteiger partial charge is 0.425 e. The Kier molecular flexibility index (Phi) is 3.97. The van der Waals surface area contributed by atoms with Crippen LogP contribution in [0.4, 0.5) is 14.4 Å². The lowest BCUT2D eigenvalue weighted by Gasteiger charge is -2.11. The van der Waals surface area contributed by atoms with Gasteiger partial charge in [0.1, 0.15) is 0 Å². The van der Waals surface area contributed by atoms with Gasteiger partial charge in [-0.1, -0.05) is 0 Å². The Labute approximate surface area is 101 Å². The summed E-state index contributed by atoms with van der Waals surface area (Å²) in [5, 5.41) is 0. The third-order valence-electron chi connectivity index (χ3n) is 1.87. The number of carbonyl (C=O) groups excluding carboxylic acids is 5. The van der Waals surface area contributed by atoms with Crippen LogP contribution < -0.4 is 0 Å². The molecule has 0 aromatic heterocycles. The van der Waals surface area contributed by atoms with Gasteiger partial charge in [0.25, 0.3) is 0 Å². The first-order valence-corrected chi connectivity index (χ1v) is 5.01. The lowest BCUT2D eigenvalue weighted by molar-refractivity contribution is -0.142. The average molecular weight is 258 g/mol. The van der Waals surface area contributed by atoms with Gasteiger partial charge in [-0.15, -0.1) is 0 Å². The molecule has 1 heterocycles. The molecule has 0 spiro atoms. The SMILES string of the molecule is CCOC(=O)N1C(=O)C(=O)N(C(=O)OCC)C1=O. The summed E-state index contributed by atoms with van der Waals surface area (Å²) >= 11 is 0. The fourth-order valence-electron chi connectivity index (χ4n) is 1.16. The lowest BCUT2D eigenvalue weighted by Crippen LogP contribution is -2.40. The molecule has 0 bridgehead atoms. The first-order valence-electron chi connectivity index (χ1n) is 5.01. The van der Waals surface area contributed by atoms with E-state index in [1.54, 1.807) is 0 Å². The van der Waals surface area contributed by atoms with Crippen molar-refractivity contribution in [3.8, 4) is 0 Å². The molecule has 1 aliphatic rings. The Morgan fingerprint density at radius 1 is 0.889 bits per heavy atom. The van der Waals surface area contributed by atoms with Crippen molar-refractivity contribution in [3.05, 3.63) is 0 Å². The largest absolute Gasteiger partial charge is 0.449 e. The highest BCUT2D eigenvalue weighted by Gasteiger charge is 2.52. The van der Waals surface area contributed by atoms with Gasteiger partial charge in [-0.2, -0.15) is 9.80 Å². The molecule has 1 fully saturated rings. The molecule has 9 nitrogen and oxygen atoms in total. The summed E-state index contributed by atoms with van der Waals surface area (Å²) < 4.78 is 8.83. The van der Waals surface area contributed by atoms with Crippen molar-refractivity contribution >= 4 is 30.0 Å². The fraction of sp³-hybridized carbons (Fsp3) is 0.444. The molecule has 0 aromatic rings. The van der Waals surface area contributed by atoms with Crippen molar-refractivity contribution in [1.82, 2.24) is 9.80 Å². The number of rotatable bonds is 2. The predicted octanol–water partition coefficient (Wildman–Crippen LogP) is 0.0902. The van der Waals surface area contributed by atoms with E-state index in [9.17, 15) is 24.0 Å². The molecule has 1 rings (SSSR count). The summed E-state index contributed by atoms with van der Waals surface area (Å²) in [5.74, 6) is -2.90. The molecule has 0 atom stereocenters. The number of ether oxygens (including phenoxy) is 2. The second kappa shape index (κ2) is 5.25. The lowest BCUT2D eigenvalue weighted by atomic mass is 10.5. The molecule has 98 valence electrons. The molecule has 0 aliphatic carbocycles. The number of carbonyl (C=O) groups is 5. The van der Waals surface area contributed by atoms with Crippen LogP contribution in [0.25, 0.3) is 0 Å². The zero-order valence-electron chi connectivity index (χ0n) is 9.67. The minimum Gasteiger partial charge on any atom is -0.449 e. The van der Waals surface area contributed by atoms with Gasteiger partial charge >= 0.3 is 30.0 Å². The molecule has 0 saturated carbocycles. The van der Waals surface area contributed by atoms with Crippen LogP contribution in [0.15, 0.2) is 0 Å². The van der Waals surface area contributed by atoms with Crippen molar-refractivity contribution in [1.29, 1.82) is 0 Å². The molecular formula is C9H10N2O7. The van der Waals surface area contributed by atoms with Crippen LogP contribution in [-0.2, 0) is 19.1 Å². The van der Waals surface area contributed by atoms with Crippen LogP contribution in [0, 0.1) is 0 Å². The van der Waals surface area contributed by atoms with Crippen LogP contribution >= 0.6 is 0 Å². The molecule has 1 saturated heterocycles. The predicted molar refractivity (Wildman–Crippen MR) is 53.1 cm³/mol. The van der Waals surface area contributed by atoms with E-state index in [0.717, 1.165) is 0 Å². The molecule has 1 aliphatic heterocycles. The monoisotopic (exact) mass is 258 g/mol. The number of nitrogens with zero attached hydrogens (tertiary/aromatic N) is 2. The van der Waals surface area contributed by atoms with E-state index >= 15 is 0 Å². The summed E-state index contributed by atoms with van der Waals surface area (Å²) in [7, 11) is 0. The van der Waals surface area contributed by atoms with Gasteiger partial charge in [-0.05, 0) is 13.8 Å². The second-order valence-electron chi connectivity index (χ2n) is 2.96. The van der Waals surface area contributed by atoms with E-state index < -0.39 is 30.0 Å². The molecule has 0 N–H and O–H groups in total. The maximum atomic E-state index is 11.6. The van der Waals surface area contributed by atoms with Crippen molar-refractivity contribution in [2.75, 3.05) is 13.2 Å². The first kappa shape index (κ1) is 13.6. The maximum Gasteiger partial charge on any atom is 0.425 e. The summed E-state index contributed by atoms with van der Waals surface area (Å²) in [5.41, 5.74) is 0. The van der Waals surface area contributed by atoms with Gasteiger partial charge in [0.2, 0.25) is 0 Å². The van der Waals surface area contributed by atoms with Crippen molar-refractivity contribution < 1.29 is 33.4 Å². The molecule has 6 amide bonds. The van der Waals surface area contributed by atoms with E-state index in [0.29, 0.717) is 0 Å². The Balaban J connectivity index is 2.97. The van der Waals surface area contributed by atoms with Crippen molar-refractivity contribution in [3.63, 3.8) is 0 Å². The molecule has 18 heavy (non-hydrogen) atoms. The molecule has 0 aromatic carbocycles. The highest BCUT2D eigenvalue weighted by atomic mass is 16.6.